The van der Waals surface area contributed by atoms with Crippen LogP contribution in [0.4, 0.5) is 0 Å². The van der Waals surface area contributed by atoms with Crippen molar-refractivity contribution in [2.75, 3.05) is 6.61 Å². The molecule has 23 heavy (non-hydrogen) atoms. The zero-order chi connectivity index (χ0) is 17.7. The Balaban J connectivity index is 3.78. The molecule has 3 atom stereocenters. The van der Waals surface area contributed by atoms with Crippen molar-refractivity contribution < 1.29 is 30.0 Å². The van der Waals surface area contributed by atoms with Crippen LogP contribution < -0.4 is 0 Å². The van der Waals surface area contributed by atoms with Crippen LogP contribution in [0.25, 0.3) is 0 Å². The van der Waals surface area contributed by atoms with Crippen LogP contribution in [0.1, 0.15) is 71.1 Å². The SMILES string of the molecule is CCCCCCCCCCCC(O)[C@H](O)C(=O)C(=O)[C@H](O)CO. The Labute approximate surface area is 138 Å². The molecule has 0 aromatic rings. The fourth-order valence-corrected chi connectivity index (χ4v) is 2.39. The quantitative estimate of drug-likeness (QED) is 0.264. The van der Waals surface area contributed by atoms with Gasteiger partial charge in [0.2, 0.25) is 11.6 Å². The maximum atomic E-state index is 11.5. The van der Waals surface area contributed by atoms with Gasteiger partial charge in [0.1, 0.15) is 12.2 Å². The van der Waals surface area contributed by atoms with Crippen LogP contribution in [0.15, 0.2) is 0 Å². The highest BCUT2D eigenvalue weighted by atomic mass is 16.3. The maximum Gasteiger partial charge on any atom is 0.232 e. The summed E-state index contributed by atoms with van der Waals surface area (Å²) in [4.78, 5) is 22.8. The van der Waals surface area contributed by atoms with Crippen LogP contribution in [0.5, 0.6) is 0 Å². The molecular formula is C17H32O6. The smallest absolute Gasteiger partial charge is 0.232 e. The molecule has 0 saturated carbocycles. The van der Waals surface area contributed by atoms with Crippen molar-refractivity contribution in [1.82, 2.24) is 0 Å². The van der Waals surface area contributed by atoms with Gasteiger partial charge in [0.15, 0.2) is 0 Å². The van der Waals surface area contributed by atoms with E-state index in [1.54, 1.807) is 0 Å². The summed E-state index contributed by atoms with van der Waals surface area (Å²) in [7, 11) is 0. The van der Waals surface area contributed by atoms with Gasteiger partial charge in [0.25, 0.3) is 0 Å². The highest BCUT2D eigenvalue weighted by Crippen LogP contribution is 2.13. The van der Waals surface area contributed by atoms with E-state index in [0.717, 1.165) is 19.3 Å². The van der Waals surface area contributed by atoms with Crippen LogP contribution >= 0.6 is 0 Å². The fourth-order valence-electron chi connectivity index (χ4n) is 2.39. The molecule has 0 radical (unpaired) electrons. The first-order valence-electron chi connectivity index (χ1n) is 8.68. The molecule has 4 N–H and O–H groups in total. The molecule has 0 aliphatic heterocycles. The van der Waals surface area contributed by atoms with Gasteiger partial charge in [0.05, 0.1) is 12.7 Å². The largest absolute Gasteiger partial charge is 0.393 e. The summed E-state index contributed by atoms with van der Waals surface area (Å²) in [6.45, 7) is 1.30. The molecule has 0 fully saturated rings. The first-order chi connectivity index (χ1) is 11.0. The van der Waals surface area contributed by atoms with E-state index >= 15 is 0 Å². The van der Waals surface area contributed by atoms with Crippen LogP contribution in [0.3, 0.4) is 0 Å². The van der Waals surface area contributed by atoms with E-state index in [9.17, 15) is 19.8 Å². The lowest BCUT2D eigenvalue weighted by Crippen LogP contribution is -2.43. The molecule has 0 bridgehead atoms. The number of hydrogen-bond donors (Lipinski definition) is 4. The predicted octanol–water partition coefficient (Wildman–Crippen LogP) is 1.12. The Morgan fingerprint density at radius 1 is 0.783 bits per heavy atom. The topological polar surface area (TPSA) is 115 Å². The highest BCUT2D eigenvalue weighted by Gasteiger charge is 2.32. The number of aliphatic hydroxyl groups is 4. The molecule has 6 heteroatoms. The lowest BCUT2D eigenvalue weighted by Gasteiger charge is -2.17. The van der Waals surface area contributed by atoms with Gasteiger partial charge in [-0.2, -0.15) is 0 Å². The molecule has 0 saturated heterocycles. The Hall–Kier alpha value is -0.820. The average Bonchev–Trinajstić information content (AvgIpc) is 2.57. The molecule has 0 heterocycles. The molecule has 0 aromatic heterocycles. The van der Waals surface area contributed by atoms with Gasteiger partial charge < -0.3 is 20.4 Å². The standard InChI is InChI=1S/C17H32O6/c1-2-3-4-5-6-7-8-9-10-11-13(19)15(21)17(23)16(22)14(20)12-18/h13-15,18-21H,2-12H2,1H3/t13?,14-,15+/m1/s1. The molecule has 0 aliphatic rings. The number of Topliss-reactive ketones (excluding diaryl/α,β-unsaturated/α-hetero) is 2. The van der Waals surface area contributed by atoms with Crippen molar-refractivity contribution in [1.29, 1.82) is 0 Å². The number of rotatable bonds is 15. The van der Waals surface area contributed by atoms with Gasteiger partial charge in [-0.05, 0) is 6.42 Å². The monoisotopic (exact) mass is 332 g/mol. The lowest BCUT2D eigenvalue weighted by molar-refractivity contribution is -0.150. The van der Waals surface area contributed by atoms with Gasteiger partial charge in [-0.15, -0.1) is 0 Å². The fraction of sp³-hybridized carbons (Fsp3) is 0.882. The third kappa shape index (κ3) is 9.81. The van der Waals surface area contributed by atoms with E-state index in [-0.39, 0.29) is 6.42 Å². The summed E-state index contributed by atoms with van der Waals surface area (Å²) in [5.74, 6) is -2.53. The molecular weight excluding hydrogens is 300 g/mol. The first-order valence-corrected chi connectivity index (χ1v) is 8.68. The number of ketones is 2. The normalized spacial score (nSPS) is 15.2. The second kappa shape index (κ2) is 13.6. The summed E-state index contributed by atoms with van der Waals surface area (Å²) in [6.07, 6.45) is 5.23. The highest BCUT2D eigenvalue weighted by molar-refractivity contribution is 6.40. The lowest BCUT2D eigenvalue weighted by atomic mass is 9.98. The van der Waals surface area contributed by atoms with Crippen LogP contribution in [0, 0.1) is 0 Å². The van der Waals surface area contributed by atoms with Crippen molar-refractivity contribution in [3.8, 4) is 0 Å². The van der Waals surface area contributed by atoms with Crippen molar-refractivity contribution in [2.45, 2.75) is 89.4 Å². The zero-order valence-electron chi connectivity index (χ0n) is 14.1. The Kier molecular flexibility index (Phi) is 13.1. The molecule has 1 unspecified atom stereocenters. The molecule has 136 valence electrons. The van der Waals surface area contributed by atoms with Crippen LogP contribution in [0.2, 0.25) is 0 Å². The minimum absolute atomic E-state index is 0.227. The predicted molar refractivity (Wildman–Crippen MR) is 87.0 cm³/mol. The summed E-state index contributed by atoms with van der Waals surface area (Å²) in [5.41, 5.74) is 0. The minimum Gasteiger partial charge on any atom is -0.393 e. The van der Waals surface area contributed by atoms with E-state index < -0.39 is 36.5 Å². The third-order valence-electron chi connectivity index (χ3n) is 3.95. The summed E-state index contributed by atoms with van der Waals surface area (Å²) in [5, 5.41) is 37.0. The van der Waals surface area contributed by atoms with E-state index in [2.05, 4.69) is 6.92 Å². The van der Waals surface area contributed by atoms with Gasteiger partial charge in [-0.3, -0.25) is 9.59 Å². The Bertz CT molecular complexity index is 331. The Morgan fingerprint density at radius 2 is 1.26 bits per heavy atom. The van der Waals surface area contributed by atoms with Gasteiger partial charge in [0, 0.05) is 0 Å². The second-order valence-corrected chi connectivity index (χ2v) is 6.06. The average molecular weight is 332 g/mol. The van der Waals surface area contributed by atoms with Crippen molar-refractivity contribution in [3.05, 3.63) is 0 Å². The minimum atomic E-state index is -1.84. The van der Waals surface area contributed by atoms with E-state index in [1.807, 2.05) is 0 Å². The summed E-state index contributed by atoms with van der Waals surface area (Å²) >= 11 is 0. The maximum absolute atomic E-state index is 11.5. The third-order valence-corrected chi connectivity index (χ3v) is 3.95. The van der Waals surface area contributed by atoms with Gasteiger partial charge >= 0.3 is 0 Å². The van der Waals surface area contributed by atoms with Gasteiger partial charge in [-0.25, -0.2) is 0 Å². The second-order valence-electron chi connectivity index (χ2n) is 6.06. The number of carbonyl (C=O) groups excluding carboxylic acids is 2. The van der Waals surface area contributed by atoms with Crippen molar-refractivity contribution in [3.63, 3.8) is 0 Å². The molecule has 0 aliphatic carbocycles. The molecule has 0 amide bonds. The number of hydrogen-bond acceptors (Lipinski definition) is 6. The van der Waals surface area contributed by atoms with E-state index in [0.29, 0.717) is 6.42 Å². The van der Waals surface area contributed by atoms with Crippen LogP contribution in [-0.4, -0.2) is 56.9 Å². The zero-order valence-corrected chi connectivity index (χ0v) is 14.1. The molecule has 0 rings (SSSR count). The van der Waals surface area contributed by atoms with E-state index in [1.165, 1.54) is 32.1 Å². The van der Waals surface area contributed by atoms with Gasteiger partial charge in [-0.1, -0.05) is 64.7 Å². The number of aliphatic hydroxyl groups excluding tert-OH is 4. The Morgan fingerprint density at radius 3 is 1.74 bits per heavy atom. The van der Waals surface area contributed by atoms with Crippen LogP contribution in [-0.2, 0) is 9.59 Å². The van der Waals surface area contributed by atoms with Crippen molar-refractivity contribution in [2.24, 2.45) is 0 Å². The summed E-state index contributed by atoms with van der Waals surface area (Å²) < 4.78 is 0. The number of carbonyl (C=O) groups is 2. The molecule has 6 nitrogen and oxygen atoms in total. The first kappa shape index (κ1) is 22.2. The number of unbranched alkanes of at least 4 members (excludes halogenated alkanes) is 8. The molecule has 0 spiro atoms. The summed E-state index contributed by atoms with van der Waals surface area (Å²) in [6, 6.07) is 0. The molecule has 0 aromatic carbocycles. The van der Waals surface area contributed by atoms with Crippen molar-refractivity contribution >= 4 is 11.6 Å². The van der Waals surface area contributed by atoms with E-state index in [4.69, 9.17) is 10.2 Å².